The molecule has 90 valence electrons. The van der Waals surface area contributed by atoms with Gasteiger partial charge < -0.3 is 14.6 Å². The molecule has 0 aliphatic rings. The van der Waals surface area contributed by atoms with E-state index < -0.39 is 0 Å². The fourth-order valence-corrected chi connectivity index (χ4v) is 1.82. The van der Waals surface area contributed by atoms with Gasteiger partial charge in [-0.25, -0.2) is 0 Å². The molecule has 0 unspecified atom stereocenters. The second kappa shape index (κ2) is 7.52. The number of methoxy groups -OCH3 is 1. The van der Waals surface area contributed by atoms with E-state index >= 15 is 0 Å². The quantitative estimate of drug-likeness (QED) is 0.784. The van der Waals surface area contributed by atoms with Crippen LogP contribution in [0, 0.1) is 0 Å². The molecule has 4 heteroatoms. The highest BCUT2D eigenvalue weighted by Gasteiger charge is 2.07. The normalized spacial score (nSPS) is 10.2. The Hall–Kier alpha value is -0.740. The lowest BCUT2D eigenvalue weighted by molar-refractivity contribution is 0.259. The third kappa shape index (κ3) is 4.02. The number of para-hydroxylation sites is 1. The monoisotopic (exact) mass is 288 g/mol. The molecule has 0 aromatic heterocycles. The highest BCUT2D eigenvalue weighted by Crippen LogP contribution is 2.34. The minimum atomic E-state index is 0.248. The fourth-order valence-electron chi connectivity index (χ4n) is 1.35. The molecule has 0 radical (unpaired) electrons. The molecule has 0 saturated carbocycles. The van der Waals surface area contributed by atoms with Crippen LogP contribution in [0.25, 0.3) is 0 Å². The summed E-state index contributed by atoms with van der Waals surface area (Å²) >= 11 is 3.43. The Labute approximate surface area is 105 Å². The maximum Gasteiger partial charge on any atom is 0.175 e. The van der Waals surface area contributed by atoms with Gasteiger partial charge in [0.25, 0.3) is 0 Å². The third-order valence-corrected chi connectivity index (χ3v) is 2.82. The summed E-state index contributed by atoms with van der Waals surface area (Å²) in [6.45, 7) is 0.886. The van der Waals surface area contributed by atoms with Gasteiger partial charge in [0.05, 0.1) is 18.2 Å². The van der Waals surface area contributed by atoms with E-state index in [4.69, 9.17) is 14.6 Å². The van der Waals surface area contributed by atoms with Crippen molar-refractivity contribution in [3.05, 3.63) is 22.7 Å². The van der Waals surface area contributed by atoms with E-state index in [1.165, 1.54) is 0 Å². The number of aliphatic hydroxyl groups excluding tert-OH is 1. The van der Waals surface area contributed by atoms with E-state index in [0.717, 1.165) is 35.2 Å². The predicted molar refractivity (Wildman–Crippen MR) is 67.1 cm³/mol. The molecule has 0 spiro atoms. The summed E-state index contributed by atoms with van der Waals surface area (Å²) in [4.78, 5) is 0. The molecule has 1 aromatic carbocycles. The number of hydrogen-bond acceptors (Lipinski definition) is 3. The minimum absolute atomic E-state index is 0.248. The molecule has 0 bridgehead atoms. The van der Waals surface area contributed by atoms with Crippen molar-refractivity contribution in [2.45, 2.75) is 19.3 Å². The summed E-state index contributed by atoms with van der Waals surface area (Å²) in [5.41, 5.74) is 0. The van der Waals surface area contributed by atoms with Crippen molar-refractivity contribution in [2.75, 3.05) is 20.3 Å². The van der Waals surface area contributed by atoms with Crippen LogP contribution < -0.4 is 9.47 Å². The molecular formula is C12H17BrO3. The highest BCUT2D eigenvalue weighted by atomic mass is 79.9. The third-order valence-electron chi connectivity index (χ3n) is 2.20. The van der Waals surface area contributed by atoms with Crippen molar-refractivity contribution >= 4 is 15.9 Å². The Morgan fingerprint density at radius 3 is 2.75 bits per heavy atom. The zero-order valence-corrected chi connectivity index (χ0v) is 11.0. The van der Waals surface area contributed by atoms with Gasteiger partial charge in [-0.1, -0.05) is 6.07 Å². The van der Waals surface area contributed by atoms with Gasteiger partial charge in [0.2, 0.25) is 0 Å². The molecule has 0 atom stereocenters. The Morgan fingerprint density at radius 1 is 1.25 bits per heavy atom. The van der Waals surface area contributed by atoms with Crippen molar-refractivity contribution in [1.29, 1.82) is 0 Å². The molecule has 3 nitrogen and oxygen atoms in total. The molecular weight excluding hydrogens is 272 g/mol. The van der Waals surface area contributed by atoms with Crippen LogP contribution in [-0.4, -0.2) is 25.4 Å². The molecule has 0 amide bonds. The van der Waals surface area contributed by atoms with Crippen molar-refractivity contribution in [1.82, 2.24) is 0 Å². The van der Waals surface area contributed by atoms with Gasteiger partial charge in [-0.2, -0.15) is 0 Å². The zero-order chi connectivity index (χ0) is 11.8. The van der Waals surface area contributed by atoms with Crippen LogP contribution in [-0.2, 0) is 0 Å². The van der Waals surface area contributed by atoms with E-state index in [2.05, 4.69) is 15.9 Å². The number of aliphatic hydroxyl groups is 1. The lowest BCUT2D eigenvalue weighted by Gasteiger charge is -2.11. The summed E-state index contributed by atoms with van der Waals surface area (Å²) in [7, 11) is 1.63. The number of hydrogen-bond donors (Lipinski definition) is 1. The molecule has 16 heavy (non-hydrogen) atoms. The van der Waals surface area contributed by atoms with E-state index in [-0.39, 0.29) is 6.61 Å². The maximum absolute atomic E-state index is 8.64. The molecule has 1 N–H and O–H groups in total. The largest absolute Gasteiger partial charge is 0.493 e. The Bertz CT molecular complexity index is 315. The molecule has 0 aliphatic carbocycles. The van der Waals surface area contributed by atoms with Crippen LogP contribution in [0.2, 0.25) is 0 Å². The zero-order valence-electron chi connectivity index (χ0n) is 9.41. The first kappa shape index (κ1) is 13.3. The van der Waals surface area contributed by atoms with Gasteiger partial charge in [-0.15, -0.1) is 0 Å². The molecule has 0 fully saturated rings. The summed E-state index contributed by atoms with van der Waals surface area (Å²) in [6.07, 6.45) is 2.74. The summed E-state index contributed by atoms with van der Waals surface area (Å²) in [5.74, 6) is 1.48. The number of ether oxygens (including phenoxy) is 2. The first-order valence-electron chi connectivity index (χ1n) is 5.35. The average Bonchev–Trinajstić information content (AvgIpc) is 2.30. The van der Waals surface area contributed by atoms with Crippen LogP contribution in [0.4, 0.5) is 0 Å². The fraction of sp³-hybridized carbons (Fsp3) is 0.500. The standard InChI is InChI=1S/C12H17BrO3/c1-15-11-7-5-6-10(13)12(11)16-9-4-2-3-8-14/h5-7,14H,2-4,8-9H2,1H3. The van der Waals surface area contributed by atoms with Gasteiger partial charge in [-0.05, 0) is 47.3 Å². The molecule has 1 rings (SSSR count). The Balaban J connectivity index is 2.46. The molecule has 0 saturated heterocycles. The number of halogens is 1. The second-order valence-electron chi connectivity index (χ2n) is 3.40. The number of rotatable bonds is 7. The summed E-state index contributed by atoms with van der Waals surface area (Å²) in [6, 6.07) is 5.70. The van der Waals surface area contributed by atoms with E-state index in [1.54, 1.807) is 7.11 Å². The van der Waals surface area contributed by atoms with Crippen LogP contribution in [0.5, 0.6) is 11.5 Å². The van der Waals surface area contributed by atoms with Crippen LogP contribution >= 0.6 is 15.9 Å². The lowest BCUT2D eigenvalue weighted by atomic mass is 10.2. The smallest absolute Gasteiger partial charge is 0.175 e. The van der Waals surface area contributed by atoms with E-state index in [0.29, 0.717) is 6.61 Å². The Morgan fingerprint density at radius 2 is 2.06 bits per heavy atom. The lowest BCUT2D eigenvalue weighted by Crippen LogP contribution is -2.00. The predicted octanol–water partition coefficient (Wildman–Crippen LogP) is 3.00. The SMILES string of the molecule is COc1cccc(Br)c1OCCCCCO. The molecule has 0 aliphatic heterocycles. The van der Waals surface area contributed by atoms with Gasteiger partial charge in [0.1, 0.15) is 0 Å². The maximum atomic E-state index is 8.64. The first-order chi connectivity index (χ1) is 7.79. The van der Waals surface area contributed by atoms with Crippen molar-refractivity contribution in [3.63, 3.8) is 0 Å². The van der Waals surface area contributed by atoms with Crippen molar-refractivity contribution in [2.24, 2.45) is 0 Å². The van der Waals surface area contributed by atoms with Crippen LogP contribution in [0.15, 0.2) is 22.7 Å². The highest BCUT2D eigenvalue weighted by molar-refractivity contribution is 9.10. The van der Waals surface area contributed by atoms with Gasteiger partial charge >= 0.3 is 0 Å². The second-order valence-corrected chi connectivity index (χ2v) is 4.26. The van der Waals surface area contributed by atoms with E-state index in [1.807, 2.05) is 18.2 Å². The topological polar surface area (TPSA) is 38.7 Å². The first-order valence-corrected chi connectivity index (χ1v) is 6.15. The summed E-state index contributed by atoms with van der Waals surface area (Å²) in [5, 5.41) is 8.64. The van der Waals surface area contributed by atoms with Gasteiger partial charge in [0, 0.05) is 6.61 Å². The minimum Gasteiger partial charge on any atom is -0.493 e. The van der Waals surface area contributed by atoms with Crippen LogP contribution in [0.1, 0.15) is 19.3 Å². The number of unbranched alkanes of at least 4 members (excludes halogenated alkanes) is 2. The van der Waals surface area contributed by atoms with Crippen molar-refractivity contribution < 1.29 is 14.6 Å². The summed E-state index contributed by atoms with van der Waals surface area (Å²) < 4.78 is 11.8. The average molecular weight is 289 g/mol. The van der Waals surface area contributed by atoms with Gasteiger partial charge in [0.15, 0.2) is 11.5 Å². The van der Waals surface area contributed by atoms with Gasteiger partial charge in [-0.3, -0.25) is 0 Å². The Kier molecular flexibility index (Phi) is 6.26. The molecule has 0 heterocycles. The number of benzene rings is 1. The van der Waals surface area contributed by atoms with Crippen LogP contribution in [0.3, 0.4) is 0 Å². The van der Waals surface area contributed by atoms with E-state index in [9.17, 15) is 0 Å². The van der Waals surface area contributed by atoms with Crippen molar-refractivity contribution in [3.8, 4) is 11.5 Å². The molecule has 1 aromatic rings.